The Hall–Kier alpha value is -0.530. The van der Waals surface area contributed by atoms with Crippen molar-refractivity contribution in [1.29, 1.82) is 0 Å². The molecule has 0 aromatic carbocycles. The van der Waals surface area contributed by atoms with Gasteiger partial charge in [0.25, 0.3) is 0 Å². The number of carbonyl (C=O) groups is 1. The number of primary amides is 1. The Labute approximate surface area is 253 Å². The number of carbonyl (C=O) groups excluding carboxylic acids is 1. The van der Waals surface area contributed by atoms with Crippen LogP contribution in [0.1, 0.15) is 231 Å². The van der Waals surface area contributed by atoms with Crippen LogP contribution in [0.3, 0.4) is 0 Å². The van der Waals surface area contributed by atoms with Gasteiger partial charge in [0.15, 0.2) is 0 Å². The minimum atomic E-state index is -0.0513. The van der Waals surface area contributed by atoms with Gasteiger partial charge in [-0.05, 0) is 12.8 Å². The number of rotatable bonds is 1. The fraction of sp³-hybridized carbons (Fsp3) is 0.974. The molecule has 0 radical (unpaired) electrons. The van der Waals surface area contributed by atoms with Crippen molar-refractivity contribution in [2.24, 2.45) is 11.7 Å². The lowest BCUT2D eigenvalue weighted by molar-refractivity contribution is -0.122. The van der Waals surface area contributed by atoms with Crippen LogP contribution in [0, 0.1) is 5.92 Å². The number of amides is 1. The first kappa shape index (κ1) is 37.5. The molecule has 0 atom stereocenters. The second-order valence-electron chi connectivity index (χ2n) is 13.7. The van der Waals surface area contributed by atoms with Crippen molar-refractivity contribution in [2.45, 2.75) is 231 Å². The molecule has 40 heavy (non-hydrogen) atoms. The molecule has 2 nitrogen and oxygen atoms in total. The van der Waals surface area contributed by atoms with E-state index in [0.29, 0.717) is 0 Å². The number of nitrogens with two attached hydrogens (primary N) is 1. The third-order valence-corrected chi connectivity index (χ3v) is 9.76. The first-order chi connectivity index (χ1) is 19.8. The SMILES string of the molecule is NC(=O)C1CCCCCCCCCCCCCCCCCCCCCCCCCCCCCCCCCCCC1. The van der Waals surface area contributed by atoms with Gasteiger partial charge in [-0.25, -0.2) is 0 Å². The van der Waals surface area contributed by atoms with Gasteiger partial charge in [0, 0.05) is 5.92 Å². The van der Waals surface area contributed by atoms with Crippen molar-refractivity contribution in [3.63, 3.8) is 0 Å². The molecule has 1 aliphatic rings. The molecule has 0 saturated heterocycles. The van der Waals surface area contributed by atoms with Crippen molar-refractivity contribution in [2.75, 3.05) is 0 Å². The summed E-state index contributed by atoms with van der Waals surface area (Å²) in [6.07, 6.45) is 50.3. The van der Waals surface area contributed by atoms with Gasteiger partial charge in [-0.3, -0.25) is 4.79 Å². The summed E-state index contributed by atoms with van der Waals surface area (Å²) in [6.45, 7) is 0. The lowest BCUT2D eigenvalue weighted by Gasteiger charge is -2.13. The molecule has 0 aromatic rings. The molecular formula is C38H75NO. The molecule has 0 unspecified atom stereocenters. The Morgan fingerprint density at radius 3 is 0.525 bits per heavy atom. The molecule has 0 heterocycles. The standard InChI is InChI=1S/C38H75NO/c39-38(40)37-35-33-31-29-27-25-23-21-19-17-15-13-11-9-7-5-3-1-2-4-6-8-10-12-14-16-18-20-22-24-26-28-30-32-34-36-37/h37H,1-36H2,(H2,39,40). The molecule has 0 bridgehead atoms. The van der Waals surface area contributed by atoms with Gasteiger partial charge in [-0.2, -0.15) is 0 Å². The van der Waals surface area contributed by atoms with Gasteiger partial charge < -0.3 is 5.73 Å². The van der Waals surface area contributed by atoms with Crippen molar-refractivity contribution in [3.8, 4) is 0 Å². The first-order valence-electron chi connectivity index (χ1n) is 19.1. The molecule has 0 spiro atoms. The molecular weight excluding hydrogens is 486 g/mol. The zero-order valence-corrected chi connectivity index (χ0v) is 27.5. The summed E-state index contributed by atoms with van der Waals surface area (Å²) in [7, 11) is 0. The molecule has 238 valence electrons. The van der Waals surface area contributed by atoms with E-state index in [0.717, 1.165) is 12.8 Å². The number of hydrogen-bond donors (Lipinski definition) is 1. The van der Waals surface area contributed by atoms with Gasteiger partial charge in [0.2, 0.25) is 5.91 Å². The quantitative estimate of drug-likeness (QED) is 0.340. The summed E-state index contributed by atoms with van der Waals surface area (Å²) >= 11 is 0. The highest BCUT2D eigenvalue weighted by molar-refractivity contribution is 5.76. The van der Waals surface area contributed by atoms with Gasteiger partial charge in [-0.1, -0.05) is 218 Å². The van der Waals surface area contributed by atoms with E-state index in [9.17, 15) is 4.79 Å². The maximum atomic E-state index is 11.9. The fourth-order valence-corrected chi connectivity index (χ4v) is 6.87. The van der Waals surface area contributed by atoms with E-state index in [1.807, 2.05) is 0 Å². The van der Waals surface area contributed by atoms with Crippen LogP contribution in [-0.4, -0.2) is 5.91 Å². The summed E-state index contributed by atoms with van der Waals surface area (Å²) in [4.78, 5) is 11.9. The second kappa shape index (κ2) is 31.4. The summed E-state index contributed by atoms with van der Waals surface area (Å²) in [5, 5.41) is 0. The van der Waals surface area contributed by atoms with E-state index >= 15 is 0 Å². The molecule has 1 fully saturated rings. The molecule has 1 rings (SSSR count). The average Bonchev–Trinajstić information content (AvgIpc) is 2.95. The van der Waals surface area contributed by atoms with Gasteiger partial charge >= 0.3 is 0 Å². The van der Waals surface area contributed by atoms with Crippen LogP contribution >= 0.6 is 0 Å². The van der Waals surface area contributed by atoms with E-state index in [-0.39, 0.29) is 11.8 Å². The Morgan fingerprint density at radius 1 is 0.275 bits per heavy atom. The first-order valence-corrected chi connectivity index (χ1v) is 19.1. The average molecular weight is 562 g/mol. The molecule has 1 aliphatic carbocycles. The van der Waals surface area contributed by atoms with Gasteiger partial charge in [-0.15, -0.1) is 0 Å². The summed E-state index contributed by atoms with van der Waals surface area (Å²) in [5.41, 5.74) is 5.73. The van der Waals surface area contributed by atoms with E-state index in [1.54, 1.807) is 0 Å². The van der Waals surface area contributed by atoms with Crippen LogP contribution in [0.5, 0.6) is 0 Å². The van der Waals surface area contributed by atoms with Crippen molar-refractivity contribution >= 4 is 5.91 Å². The predicted octanol–water partition coefficient (Wildman–Crippen LogP) is 13.1. The summed E-state index contributed by atoms with van der Waals surface area (Å²) < 4.78 is 0. The van der Waals surface area contributed by atoms with E-state index < -0.39 is 0 Å². The van der Waals surface area contributed by atoms with E-state index in [1.165, 1.54) is 218 Å². The van der Waals surface area contributed by atoms with Gasteiger partial charge in [0.1, 0.15) is 0 Å². The molecule has 1 amide bonds. The minimum Gasteiger partial charge on any atom is -0.369 e. The van der Waals surface area contributed by atoms with Crippen LogP contribution in [0.15, 0.2) is 0 Å². The third kappa shape index (κ3) is 27.6. The normalized spacial score (nSPS) is 23.5. The number of hydrogen-bond acceptors (Lipinski definition) is 1. The van der Waals surface area contributed by atoms with Crippen LogP contribution in [-0.2, 0) is 4.79 Å². The Kier molecular flexibility index (Phi) is 29.4. The lowest BCUT2D eigenvalue weighted by atomic mass is 9.93. The van der Waals surface area contributed by atoms with Crippen LogP contribution in [0.4, 0.5) is 0 Å². The van der Waals surface area contributed by atoms with E-state index in [4.69, 9.17) is 5.73 Å². The molecule has 0 aliphatic heterocycles. The van der Waals surface area contributed by atoms with Crippen LogP contribution in [0.2, 0.25) is 0 Å². The van der Waals surface area contributed by atoms with Gasteiger partial charge in [0.05, 0.1) is 0 Å². The zero-order valence-electron chi connectivity index (χ0n) is 27.5. The maximum absolute atomic E-state index is 11.9. The lowest BCUT2D eigenvalue weighted by Crippen LogP contribution is -2.23. The topological polar surface area (TPSA) is 43.1 Å². The summed E-state index contributed by atoms with van der Waals surface area (Å²) in [6, 6.07) is 0. The second-order valence-corrected chi connectivity index (χ2v) is 13.7. The van der Waals surface area contributed by atoms with Crippen LogP contribution in [0.25, 0.3) is 0 Å². The highest BCUT2D eigenvalue weighted by atomic mass is 16.1. The molecule has 2 heteroatoms. The van der Waals surface area contributed by atoms with E-state index in [2.05, 4.69) is 0 Å². The highest BCUT2D eigenvalue weighted by Crippen LogP contribution is 2.20. The minimum absolute atomic E-state index is 0.0513. The molecule has 2 N–H and O–H groups in total. The Morgan fingerprint density at radius 2 is 0.400 bits per heavy atom. The molecule has 1 saturated carbocycles. The highest BCUT2D eigenvalue weighted by Gasteiger charge is 2.14. The summed E-state index contributed by atoms with van der Waals surface area (Å²) in [5.74, 6) is 0.0749. The fourth-order valence-electron chi connectivity index (χ4n) is 6.87. The zero-order chi connectivity index (χ0) is 28.6. The Bertz CT molecular complexity index is 466. The van der Waals surface area contributed by atoms with Crippen molar-refractivity contribution in [1.82, 2.24) is 0 Å². The predicted molar refractivity (Wildman–Crippen MR) is 179 cm³/mol. The smallest absolute Gasteiger partial charge is 0.220 e. The monoisotopic (exact) mass is 562 g/mol. The van der Waals surface area contributed by atoms with Crippen LogP contribution < -0.4 is 5.73 Å². The third-order valence-electron chi connectivity index (χ3n) is 9.76. The maximum Gasteiger partial charge on any atom is 0.220 e. The van der Waals surface area contributed by atoms with Crippen molar-refractivity contribution in [3.05, 3.63) is 0 Å². The molecule has 0 aromatic heterocycles. The van der Waals surface area contributed by atoms with Crippen molar-refractivity contribution < 1.29 is 4.79 Å². The Balaban J connectivity index is 2.14. The largest absolute Gasteiger partial charge is 0.369 e.